The van der Waals surface area contributed by atoms with E-state index in [0.717, 1.165) is 4.88 Å². The lowest BCUT2D eigenvalue weighted by atomic mass is 10.2. The molecular weight excluding hydrogens is 404 g/mol. The molecule has 0 radical (unpaired) electrons. The molecule has 0 unspecified atom stereocenters. The van der Waals surface area contributed by atoms with Gasteiger partial charge < -0.3 is 0 Å². The highest BCUT2D eigenvalue weighted by Crippen LogP contribution is 2.33. The van der Waals surface area contributed by atoms with Gasteiger partial charge in [0.15, 0.2) is 0 Å². The molecule has 3 rings (SSSR count). The quantitative estimate of drug-likeness (QED) is 0.439. The Hall–Kier alpha value is -2.56. The fourth-order valence-electron chi connectivity index (χ4n) is 2.17. The minimum absolute atomic E-state index is 0.00927. The molecule has 0 aliphatic carbocycles. The number of thioether (sulfide) groups is 1. The van der Waals surface area contributed by atoms with Crippen molar-refractivity contribution in [1.29, 1.82) is 0 Å². The van der Waals surface area contributed by atoms with Crippen LogP contribution in [-0.2, 0) is 9.59 Å². The van der Waals surface area contributed by atoms with Crippen molar-refractivity contribution in [3.05, 3.63) is 57.4 Å². The fourth-order valence-corrected chi connectivity index (χ4v) is 4.20. The largest absolute Gasteiger partial charge is 0.292 e. The Morgan fingerprint density at radius 1 is 1.22 bits per heavy atom. The van der Waals surface area contributed by atoms with Crippen LogP contribution in [0.3, 0.4) is 0 Å². The molecule has 2 aromatic heterocycles. The molecule has 1 saturated heterocycles. The second kappa shape index (κ2) is 8.89. The number of carbonyl (C=O) groups is 3. The van der Waals surface area contributed by atoms with Gasteiger partial charge in [0, 0.05) is 35.8 Å². The van der Waals surface area contributed by atoms with Crippen LogP contribution in [0.1, 0.15) is 21.7 Å². The molecular formula is C17H14N4O3S3. The number of thiocarbonyl (C=S) groups is 1. The summed E-state index contributed by atoms with van der Waals surface area (Å²) >= 11 is 7.98. The molecule has 10 heteroatoms. The molecule has 1 aliphatic heterocycles. The van der Waals surface area contributed by atoms with Gasteiger partial charge in [-0.1, -0.05) is 30.0 Å². The SMILES string of the molecule is O=C(CCN1C(=O)C(=Cc2cccs2)SC1=S)NNC(=O)c1ccncc1. The lowest BCUT2D eigenvalue weighted by Gasteiger charge is -2.14. The summed E-state index contributed by atoms with van der Waals surface area (Å²) in [5.41, 5.74) is 5.02. The number of rotatable bonds is 5. The summed E-state index contributed by atoms with van der Waals surface area (Å²) < 4.78 is 0.413. The van der Waals surface area contributed by atoms with Gasteiger partial charge >= 0.3 is 0 Å². The average molecular weight is 419 g/mol. The van der Waals surface area contributed by atoms with E-state index in [-0.39, 0.29) is 18.9 Å². The summed E-state index contributed by atoms with van der Waals surface area (Å²) in [5.74, 6) is -1.09. The van der Waals surface area contributed by atoms with E-state index in [1.165, 1.54) is 52.5 Å². The Balaban J connectivity index is 1.49. The normalized spacial score (nSPS) is 15.3. The molecule has 138 valence electrons. The second-order valence-electron chi connectivity index (χ2n) is 5.34. The molecule has 2 aromatic rings. The molecule has 3 amide bonds. The summed E-state index contributed by atoms with van der Waals surface area (Å²) in [5, 5.41) is 1.93. The minimum Gasteiger partial charge on any atom is -0.292 e. The molecule has 1 aliphatic rings. The van der Waals surface area contributed by atoms with Crippen LogP contribution < -0.4 is 10.9 Å². The van der Waals surface area contributed by atoms with E-state index in [1.807, 2.05) is 17.5 Å². The van der Waals surface area contributed by atoms with Gasteiger partial charge in [0.2, 0.25) is 5.91 Å². The zero-order valence-electron chi connectivity index (χ0n) is 13.9. The van der Waals surface area contributed by atoms with Crippen molar-refractivity contribution >= 4 is 63.4 Å². The number of hydrogen-bond acceptors (Lipinski definition) is 7. The van der Waals surface area contributed by atoms with Crippen molar-refractivity contribution < 1.29 is 14.4 Å². The first-order valence-electron chi connectivity index (χ1n) is 7.82. The maximum absolute atomic E-state index is 12.5. The van der Waals surface area contributed by atoms with Crippen molar-refractivity contribution in [1.82, 2.24) is 20.7 Å². The Morgan fingerprint density at radius 3 is 2.70 bits per heavy atom. The fraction of sp³-hybridized carbons (Fsp3) is 0.118. The van der Waals surface area contributed by atoms with E-state index < -0.39 is 11.8 Å². The van der Waals surface area contributed by atoms with Crippen molar-refractivity contribution in [2.45, 2.75) is 6.42 Å². The van der Waals surface area contributed by atoms with E-state index in [2.05, 4.69) is 15.8 Å². The molecule has 27 heavy (non-hydrogen) atoms. The number of aromatic nitrogens is 1. The highest BCUT2D eigenvalue weighted by Gasteiger charge is 2.32. The smallest absolute Gasteiger partial charge is 0.269 e. The predicted octanol–water partition coefficient (Wildman–Crippen LogP) is 2.20. The number of amides is 3. The summed E-state index contributed by atoms with van der Waals surface area (Å²) in [6.45, 7) is 0.142. The Labute approximate surface area is 168 Å². The monoisotopic (exact) mass is 418 g/mol. The first-order chi connectivity index (χ1) is 13.0. The number of carbonyl (C=O) groups excluding carboxylic acids is 3. The maximum Gasteiger partial charge on any atom is 0.269 e. The Kier molecular flexibility index (Phi) is 6.32. The molecule has 0 spiro atoms. The van der Waals surface area contributed by atoms with Gasteiger partial charge in [-0.3, -0.25) is 35.1 Å². The van der Waals surface area contributed by atoms with E-state index in [9.17, 15) is 14.4 Å². The predicted molar refractivity (Wildman–Crippen MR) is 109 cm³/mol. The van der Waals surface area contributed by atoms with Gasteiger partial charge in [-0.25, -0.2) is 0 Å². The molecule has 0 saturated carbocycles. The number of thiophene rings is 1. The lowest BCUT2D eigenvalue weighted by molar-refractivity contribution is -0.124. The number of hydrogen-bond donors (Lipinski definition) is 2. The van der Waals surface area contributed by atoms with Crippen LogP contribution in [0.15, 0.2) is 46.9 Å². The number of pyridine rings is 1. The third kappa shape index (κ3) is 5.00. The van der Waals surface area contributed by atoms with Crippen LogP contribution in [0.2, 0.25) is 0 Å². The van der Waals surface area contributed by atoms with Gasteiger partial charge in [-0.05, 0) is 29.7 Å². The maximum atomic E-state index is 12.5. The van der Waals surface area contributed by atoms with Crippen LogP contribution in [0.5, 0.6) is 0 Å². The van der Waals surface area contributed by atoms with Crippen LogP contribution >= 0.6 is 35.3 Å². The molecule has 0 bridgehead atoms. The van der Waals surface area contributed by atoms with E-state index >= 15 is 0 Å². The van der Waals surface area contributed by atoms with Crippen molar-refractivity contribution in [3.8, 4) is 0 Å². The number of nitrogens with one attached hydrogen (secondary N) is 2. The average Bonchev–Trinajstić information content (AvgIpc) is 3.28. The van der Waals surface area contributed by atoms with Crippen LogP contribution in [0, 0.1) is 0 Å². The van der Waals surface area contributed by atoms with Crippen LogP contribution in [0.25, 0.3) is 6.08 Å². The molecule has 0 aromatic carbocycles. The Morgan fingerprint density at radius 2 is 2.00 bits per heavy atom. The highest BCUT2D eigenvalue weighted by atomic mass is 32.2. The minimum atomic E-state index is -0.449. The molecule has 3 heterocycles. The summed E-state index contributed by atoms with van der Waals surface area (Å²) in [6, 6.07) is 6.88. The first-order valence-corrected chi connectivity index (χ1v) is 9.93. The third-order valence-electron chi connectivity index (χ3n) is 3.51. The van der Waals surface area contributed by atoms with Crippen LogP contribution in [0.4, 0.5) is 0 Å². The number of nitrogens with zero attached hydrogens (tertiary/aromatic N) is 2. The topological polar surface area (TPSA) is 91.4 Å². The van der Waals surface area contributed by atoms with Crippen molar-refractivity contribution in [2.24, 2.45) is 0 Å². The van der Waals surface area contributed by atoms with Gasteiger partial charge in [-0.2, -0.15) is 0 Å². The molecule has 1 fully saturated rings. The van der Waals surface area contributed by atoms with E-state index in [4.69, 9.17) is 12.2 Å². The van der Waals surface area contributed by atoms with Crippen molar-refractivity contribution in [3.63, 3.8) is 0 Å². The van der Waals surface area contributed by atoms with Gasteiger partial charge in [0.25, 0.3) is 11.8 Å². The number of hydrazine groups is 1. The first kappa shape index (κ1) is 19.2. The van der Waals surface area contributed by atoms with E-state index in [0.29, 0.717) is 14.8 Å². The van der Waals surface area contributed by atoms with Crippen LogP contribution in [-0.4, -0.2) is 38.5 Å². The zero-order valence-corrected chi connectivity index (χ0v) is 16.3. The second-order valence-corrected chi connectivity index (χ2v) is 7.99. The van der Waals surface area contributed by atoms with Gasteiger partial charge in [-0.15, -0.1) is 11.3 Å². The lowest BCUT2D eigenvalue weighted by Crippen LogP contribution is -2.43. The zero-order chi connectivity index (χ0) is 19.2. The summed E-state index contributed by atoms with van der Waals surface area (Å²) in [7, 11) is 0. The standard InChI is InChI=1S/C17H14N4O3S3/c22-14(19-20-15(23)11-3-6-18-7-4-11)5-8-21-16(24)13(27-17(21)25)10-12-2-1-9-26-12/h1-4,6-7,9-10H,5,8H2,(H,19,22)(H,20,23). The molecule has 7 nitrogen and oxygen atoms in total. The molecule has 0 atom stereocenters. The summed E-state index contributed by atoms with van der Waals surface area (Å²) in [6.07, 6.45) is 4.76. The third-order valence-corrected chi connectivity index (χ3v) is 5.71. The Bertz CT molecular complexity index is 897. The molecule has 2 N–H and O–H groups in total. The van der Waals surface area contributed by atoms with Crippen molar-refractivity contribution in [2.75, 3.05) is 6.54 Å². The van der Waals surface area contributed by atoms with Gasteiger partial charge in [0.1, 0.15) is 4.32 Å². The summed E-state index contributed by atoms with van der Waals surface area (Å²) in [4.78, 5) is 43.0. The highest BCUT2D eigenvalue weighted by molar-refractivity contribution is 8.26. The van der Waals surface area contributed by atoms with E-state index in [1.54, 1.807) is 6.08 Å². The van der Waals surface area contributed by atoms with Gasteiger partial charge in [0.05, 0.1) is 4.91 Å².